The molecular weight excluding hydrogens is 132 g/mol. The van der Waals surface area contributed by atoms with E-state index >= 15 is 0 Å². The molecule has 0 aliphatic rings. The topological polar surface area (TPSA) is 0 Å². The first-order chi connectivity index (χ1) is 4.34. The third kappa shape index (κ3) is 1.46. The molecule has 0 aromatic heterocycles. The van der Waals surface area contributed by atoms with Gasteiger partial charge in [-0.1, -0.05) is 24.3 Å². The molecule has 1 aromatic carbocycles. The van der Waals surface area contributed by atoms with E-state index in [1.54, 1.807) is 0 Å². The van der Waals surface area contributed by atoms with Crippen LogP contribution in [0.1, 0.15) is 11.1 Å². The molecule has 0 aliphatic heterocycles. The summed E-state index contributed by atoms with van der Waals surface area (Å²) in [6.07, 6.45) is 0. The van der Waals surface area contributed by atoms with E-state index in [2.05, 4.69) is 0 Å². The van der Waals surface area contributed by atoms with Gasteiger partial charge >= 0.3 is 0 Å². The molecule has 0 N–H and O–H groups in total. The van der Waals surface area contributed by atoms with E-state index in [9.17, 15) is 0 Å². The monoisotopic (exact) mass is 138 g/mol. The second-order valence-electron chi connectivity index (χ2n) is 1.83. The third-order valence-electron chi connectivity index (χ3n) is 1.20. The fourth-order valence-corrected chi connectivity index (χ4v) is 0.899. The zero-order chi connectivity index (χ0) is 6.69. The summed E-state index contributed by atoms with van der Waals surface area (Å²) in [5.74, 6) is 0.493. The Morgan fingerprint density at radius 1 is 1.33 bits per heavy atom. The van der Waals surface area contributed by atoms with Gasteiger partial charge in [0, 0.05) is 5.88 Å². The molecule has 0 saturated carbocycles. The molecule has 0 atom stereocenters. The van der Waals surface area contributed by atoms with E-state index < -0.39 is 0 Å². The number of rotatable bonds is 1. The molecule has 1 rings (SSSR count). The van der Waals surface area contributed by atoms with Crippen molar-refractivity contribution in [1.29, 1.82) is 0 Å². The van der Waals surface area contributed by atoms with Gasteiger partial charge in [0.2, 0.25) is 0 Å². The van der Waals surface area contributed by atoms with Gasteiger partial charge in [-0.15, -0.1) is 11.6 Å². The fourth-order valence-electron chi connectivity index (χ4n) is 0.656. The van der Waals surface area contributed by atoms with Crippen LogP contribution in [0, 0.1) is 6.92 Å². The normalized spacial score (nSPS) is 9.56. The Bertz CT molecular complexity index is 194. The Balaban J connectivity index is 3.01. The molecule has 0 spiro atoms. The van der Waals surface area contributed by atoms with Crippen molar-refractivity contribution in [2.75, 3.05) is 0 Å². The number of hydrogen-bond donors (Lipinski definition) is 0. The van der Waals surface area contributed by atoms with Crippen molar-refractivity contribution in [3.05, 3.63) is 42.3 Å². The number of hydrogen-bond acceptors (Lipinski definition) is 0. The fraction of sp³-hybridized carbons (Fsp3) is 0.125. The minimum atomic E-state index is 0.493. The van der Waals surface area contributed by atoms with Gasteiger partial charge in [-0.2, -0.15) is 0 Å². The molecule has 0 nitrogen and oxygen atoms in total. The van der Waals surface area contributed by atoms with Gasteiger partial charge in [-0.25, -0.2) is 0 Å². The lowest BCUT2D eigenvalue weighted by atomic mass is 10.1. The molecule has 0 amide bonds. The zero-order valence-electron chi connectivity index (χ0n) is 4.97. The van der Waals surface area contributed by atoms with E-state index in [1.807, 2.05) is 24.3 Å². The first-order valence-electron chi connectivity index (χ1n) is 2.74. The predicted molar refractivity (Wildman–Crippen MR) is 39.4 cm³/mol. The van der Waals surface area contributed by atoms with Crippen LogP contribution in [0.25, 0.3) is 0 Å². The second-order valence-corrected chi connectivity index (χ2v) is 2.10. The molecule has 0 aliphatic carbocycles. The quantitative estimate of drug-likeness (QED) is 0.523. The van der Waals surface area contributed by atoms with Crippen LogP contribution >= 0.6 is 11.6 Å². The first kappa shape index (κ1) is 6.63. The smallest absolute Gasteiger partial charge is 0.0476 e. The molecular formula is C8H7Cl. The maximum absolute atomic E-state index is 5.55. The van der Waals surface area contributed by atoms with Crippen LogP contribution in [0.5, 0.6) is 0 Å². The van der Waals surface area contributed by atoms with Crippen molar-refractivity contribution in [3.8, 4) is 0 Å². The van der Waals surface area contributed by atoms with Gasteiger partial charge in [0.05, 0.1) is 0 Å². The highest BCUT2D eigenvalue weighted by Crippen LogP contribution is 2.08. The average Bonchev–Trinajstić information content (AvgIpc) is 1.89. The van der Waals surface area contributed by atoms with Crippen molar-refractivity contribution in [2.24, 2.45) is 0 Å². The summed E-state index contributed by atoms with van der Waals surface area (Å²) in [5, 5.41) is 0. The summed E-state index contributed by atoms with van der Waals surface area (Å²) < 4.78 is 0. The van der Waals surface area contributed by atoms with Gasteiger partial charge in [0.15, 0.2) is 0 Å². The van der Waals surface area contributed by atoms with E-state index in [4.69, 9.17) is 18.5 Å². The molecule has 0 bridgehead atoms. The molecule has 1 aromatic rings. The molecule has 0 heterocycles. The van der Waals surface area contributed by atoms with Crippen LogP contribution in [0.2, 0.25) is 0 Å². The number of halogens is 1. The van der Waals surface area contributed by atoms with Crippen molar-refractivity contribution < 1.29 is 0 Å². The highest BCUT2D eigenvalue weighted by Gasteiger charge is 1.91. The Labute approximate surface area is 60.5 Å². The summed E-state index contributed by atoms with van der Waals surface area (Å²) in [6, 6.07) is 7.58. The number of alkyl halides is 1. The van der Waals surface area contributed by atoms with Gasteiger partial charge in [0.25, 0.3) is 0 Å². The van der Waals surface area contributed by atoms with Gasteiger partial charge < -0.3 is 0 Å². The van der Waals surface area contributed by atoms with Gasteiger partial charge in [-0.05, 0) is 18.1 Å². The third-order valence-corrected chi connectivity index (χ3v) is 1.49. The second kappa shape index (κ2) is 2.88. The minimum absolute atomic E-state index is 0.493. The highest BCUT2D eigenvalue weighted by atomic mass is 35.5. The predicted octanol–water partition coefficient (Wildman–Crippen LogP) is 2.48. The van der Waals surface area contributed by atoms with E-state index in [1.165, 1.54) is 0 Å². The zero-order valence-corrected chi connectivity index (χ0v) is 5.73. The van der Waals surface area contributed by atoms with Crippen molar-refractivity contribution in [2.45, 2.75) is 5.88 Å². The van der Waals surface area contributed by atoms with E-state index in [0.717, 1.165) is 11.1 Å². The molecule has 46 valence electrons. The summed E-state index contributed by atoms with van der Waals surface area (Å²) in [5.41, 5.74) is 1.77. The van der Waals surface area contributed by atoms with E-state index in [0.29, 0.717) is 5.88 Å². The maximum Gasteiger partial charge on any atom is 0.0476 e. The lowest BCUT2D eigenvalue weighted by molar-refractivity contribution is 1.36. The Kier molecular flexibility index (Phi) is 2.12. The Hall–Kier alpha value is -0.490. The summed E-state index contributed by atoms with van der Waals surface area (Å²) in [6.45, 7) is 5.55. The van der Waals surface area contributed by atoms with Crippen molar-refractivity contribution >= 4 is 11.6 Å². The maximum atomic E-state index is 5.55. The molecule has 1 heteroatoms. The van der Waals surface area contributed by atoms with Crippen molar-refractivity contribution in [1.82, 2.24) is 0 Å². The van der Waals surface area contributed by atoms with Crippen LogP contribution in [-0.4, -0.2) is 0 Å². The first-order valence-corrected chi connectivity index (χ1v) is 3.27. The van der Waals surface area contributed by atoms with Crippen LogP contribution in [-0.2, 0) is 5.88 Å². The summed E-state index contributed by atoms with van der Waals surface area (Å²) in [7, 11) is 0. The molecule has 2 radical (unpaired) electrons. The van der Waals surface area contributed by atoms with Gasteiger partial charge in [0.1, 0.15) is 0 Å². The van der Waals surface area contributed by atoms with Crippen molar-refractivity contribution in [3.63, 3.8) is 0 Å². The van der Waals surface area contributed by atoms with Gasteiger partial charge in [-0.3, -0.25) is 0 Å². The standard InChI is InChI=1S/C8H7Cl/c1-7-4-2-3-5-8(7)6-9/h1-5H,6H2. The van der Waals surface area contributed by atoms with Crippen LogP contribution in [0.3, 0.4) is 0 Å². The Morgan fingerprint density at radius 2 is 2.00 bits per heavy atom. The van der Waals surface area contributed by atoms with Crippen LogP contribution in [0.4, 0.5) is 0 Å². The SMILES string of the molecule is [CH]c1ccccc1CCl. The molecule has 0 saturated heterocycles. The van der Waals surface area contributed by atoms with E-state index in [-0.39, 0.29) is 0 Å². The van der Waals surface area contributed by atoms with Crippen LogP contribution < -0.4 is 0 Å². The summed E-state index contributed by atoms with van der Waals surface area (Å²) >= 11 is 5.55. The number of benzene rings is 1. The molecule has 0 unspecified atom stereocenters. The lowest BCUT2D eigenvalue weighted by Gasteiger charge is -1.96. The largest absolute Gasteiger partial charge is 0.122 e. The lowest BCUT2D eigenvalue weighted by Crippen LogP contribution is -1.80. The molecule has 9 heavy (non-hydrogen) atoms. The van der Waals surface area contributed by atoms with Crippen LogP contribution in [0.15, 0.2) is 24.3 Å². The highest BCUT2D eigenvalue weighted by molar-refractivity contribution is 6.17. The summed E-state index contributed by atoms with van der Waals surface area (Å²) in [4.78, 5) is 0. The Morgan fingerprint density at radius 3 is 2.44 bits per heavy atom. The minimum Gasteiger partial charge on any atom is -0.122 e. The molecule has 0 fully saturated rings. The average molecular weight is 139 g/mol.